The lowest BCUT2D eigenvalue weighted by Gasteiger charge is -2.03. The molecule has 0 radical (unpaired) electrons. The summed E-state index contributed by atoms with van der Waals surface area (Å²) in [6.07, 6.45) is 0. The van der Waals surface area contributed by atoms with Gasteiger partial charge in [-0.1, -0.05) is 6.07 Å². The van der Waals surface area contributed by atoms with Crippen molar-refractivity contribution in [3.05, 3.63) is 63.7 Å². The number of hydrogen-bond acceptors (Lipinski definition) is 6. The lowest BCUT2D eigenvalue weighted by molar-refractivity contribution is 0.104. The predicted octanol–water partition coefficient (Wildman–Crippen LogP) is 4.85. The summed E-state index contributed by atoms with van der Waals surface area (Å²) in [5.74, 6) is 0.760. The molecule has 0 spiro atoms. The molecule has 0 atom stereocenters. The molecule has 3 aromatic heterocycles. The van der Waals surface area contributed by atoms with E-state index in [9.17, 15) is 4.79 Å². The Balaban J connectivity index is 1.77. The zero-order chi connectivity index (χ0) is 17.4. The van der Waals surface area contributed by atoms with Gasteiger partial charge in [-0.05, 0) is 47.8 Å². The molecule has 6 heteroatoms. The van der Waals surface area contributed by atoms with Crippen LogP contribution in [0.1, 0.15) is 14.5 Å². The number of nitrogens with zero attached hydrogens (tertiary/aromatic N) is 1. The first-order chi connectivity index (χ1) is 12.2. The van der Waals surface area contributed by atoms with Crippen molar-refractivity contribution >= 4 is 44.4 Å². The van der Waals surface area contributed by atoms with E-state index in [-0.39, 0.29) is 5.78 Å². The van der Waals surface area contributed by atoms with Crippen LogP contribution in [-0.2, 0) is 0 Å². The molecule has 25 heavy (non-hydrogen) atoms. The molecule has 3 heterocycles. The highest BCUT2D eigenvalue weighted by Crippen LogP contribution is 2.36. The number of rotatable bonds is 4. The number of ketones is 1. The molecular formula is C19H14N2O2S2. The van der Waals surface area contributed by atoms with Crippen molar-refractivity contribution in [3.63, 3.8) is 0 Å². The number of methoxy groups -OCH3 is 1. The first-order valence-electron chi connectivity index (χ1n) is 7.59. The van der Waals surface area contributed by atoms with Gasteiger partial charge in [0.05, 0.1) is 23.4 Å². The third-order valence-corrected chi connectivity index (χ3v) is 5.91. The van der Waals surface area contributed by atoms with Gasteiger partial charge in [0, 0.05) is 10.9 Å². The van der Waals surface area contributed by atoms with E-state index in [4.69, 9.17) is 15.5 Å². The summed E-state index contributed by atoms with van der Waals surface area (Å²) in [6, 6.07) is 15.2. The Bertz CT molecular complexity index is 1050. The van der Waals surface area contributed by atoms with E-state index in [0.717, 1.165) is 27.2 Å². The van der Waals surface area contributed by atoms with Gasteiger partial charge < -0.3 is 10.5 Å². The molecule has 0 aliphatic rings. The van der Waals surface area contributed by atoms with E-state index >= 15 is 0 Å². The molecule has 0 aliphatic heterocycles. The number of ether oxygens (including phenoxy) is 1. The van der Waals surface area contributed by atoms with Crippen molar-refractivity contribution < 1.29 is 9.53 Å². The summed E-state index contributed by atoms with van der Waals surface area (Å²) < 4.78 is 5.18. The fourth-order valence-electron chi connectivity index (χ4n) is 2.61. The molecule has 0 amide bonds. The van der Waals surface area contributed by atoms with Crippen LogP contribution in [0.5, 0.6) is 5.75 Å². The average Bonchev–Trinajstić information content (AvgIpc) is 3.29. The molecule has 0 aliphatic carbocycles. The maximum absolute atomic E-state index is 12.6. The second-order valence-corrected chi connectivity index (χ2v) is 7.38. The molecule has 2 N–H and O–H groups in total. The van der Waals surface area contributed by atoms with Gasteiger partial charge in [-0.15, -0.1) is 22.7 Å². The Morgan fingerprint density at radius 3 is 2.60 bits per heavy atom. The van der Waals surface area contributed by atoms with Gasteiger partial charge in [-0.25, -0.2) is 4.98 Å². The second kappa shape index (κ2) is 6.31. The Morgan fingerprint density at radius 2 is 1.92 bits per heavy atom. The van der Waals surface area contributed by atoms with Crippen LogP contribution in [0.3, 0.4) is 0 Å². The molecule has 0 saturated carbocycles. The zero-order valence-corrected chi connectivity index (χ0v) is 15.0. The highest BCUT2D eigenvalue weighted by molar-refractivity contribution is 7.22. The minimum atomic E-state index is -0.0403. The number of nitrogen functional groups attached to an aromatic ring is 1. The number of fused-ring (bicyclic) bond motifs is 1. The van der Waals surface area contributed by atoms with Gasteiger partial charge in [-0.2, -0.15) is 0 Å². The van der Waals surface area contributed by atoms with Crippen LogP contribution in [0, 0.1) is 0 Å². The average molecular weight is 366 g/mol. The van der Waals surface area contributed by atoms with Crippen LogP contribution in [-0.4, -0.2) is 17.9 Å². The van der Waals surface area contributed by atoms with Gasteiger partial charge in [0.15, 0.2) is 0 Å². The van der Waals surface area contributed by atoms with Crippen molar-refractivity contribution in [1.82, 2.24) is 4.98 Å². The number of benzene rings is 1. The molecule has 4 aromatic rings. The van der Waals surface area contributed by atoms with Crippen molar-refractivity contribution in [2.75, 3.05) is 12.8 Å². The zero-order valence-electron chi connectivity index (χ0n) is 13.4. The van der Waals surface area contributed by atoms with Gasteiger partial charge in [0.25, 0.3) is 0 Å². The smallest absolute Gasteiger partial charge is 0.215 e. The highest BCUT2D eigenvalue weighted by Gasteiger charge is 2.19. The Labute approximate surface area is 152 Å². The summed E-state index contributed by atoms with van der Waals surface area (Å²) in [7, 11) is 1.64. The number of pyridine rings is 1. The molecule has 4 nitrogen and oxygen atoms in total. The van der Waals surface area contributed by atoms with E-state index in [1.165, 1.54) is 22.7 Å². The van der Waals surface area contributed by atoms with E-state index in [0.29, 0.717) is 15.4 Å². The minimum Gasteiger partial charge on any atom is -0.497 e. The van der Waals surface area contributed by atoms with Gasteiger partial charge in [-0.3, -0.25) is 4.79 Å². The van der Waals surface area contributed by atoms with Gasteiger partial charge in [0.1, 0.15) is 15.5 Å². The SMILES string of the molecule is COc1ccc(-c2ccc3c(N)c(C(=O)c4cccs4)sc3n2)cc1. The summed E-state index contributed by atoms with van der Waals surface area (Å²) in [5, 5.41) is 2.71. The van der Waals surface area contributed by atoms with E-state index in [1.807, 2.05) is 53.9 Å². The molecule has 0 bridgehead atoms. The first-order valence-corrected chi connectivity index (χ1v) is 9.28. The van der Waals surface area contributed by atoms with Crippen LogP contribution in [0.4, 0.5) is 5.69 Å². The number of carbonyl (C=O) groups excluding carboxylic acids is 1. The maximum atomic E-state index is 12.6. The number of aromatic nitrogens is 1. The Kier molecular flexibility index (Phi) is 3.99. The van der Waals surface area contributed by atoms with Gasteiger partial charge in [0.2, 0.25) is 5.78 Å². The molecule has 0 fully saturated rings. The number of nitrogens with two attached hydrogens (primary N) is 1. The van der Waals surface area contributed by atoms with Crippen molar-refractivity contribution in [3.8, 4) is 17.0 Å². The number of carbonyl (C=O) groups is 1. The van der Waals surface area contributed by atoms with Crippen LogP contribution in [0.25, 0.3) is 21.5 Å². The third-order valence-electron chi connectivity index (χ3n) is 3.93. The van der Waals surface area contributed by atoms with Crippen LogP contribution in [0.2, 0.25) is 0 Å². The lowest BCUT2D eigenvalue weighted by atomic mass is 10.1. The summed E-state index contributed by atoms with van der Waals surface area (Å²) >= 11 is 2.76. The molecule has 0 unspecified atom stereocenters. The summed E-state index contributed by atoms with van der Waals surface area (Å²) in [4.78, 5) is 19.3. The first kappa shape index (κ1) is 15.8. The number of hydrogen-bond donors (Lipinski definition) is 1. The maximum Gasteiger partial charge on any atom is 0.215 e. The normalized spacial score (nSPS) is 10.9. The van der Waals surface area contributed by atoms with Crippen molar-refractivity contribution in [2.45, 2.75) is 0 Å². The monoisotopic (exact) mass is 366 g/mol. The fourth-order valence-corrected chi connectivity index (χ4v) is 4.39. The minimum absolute atomic E-state index is 0.0403. The third kappa shape index (κ3) is 2.79. The topological polar surface area (TPSA) is 65.2 Å². The molecule has 124 valence electrons. The molecule has 4 rings (SSSR count). The van der Waals surface area contributed by atoms with Crippen LogP contribution >= 0.6 is 22.7 Å². The van der Waals surface area contributed by atoms with Gasteiger partial charge >= 0.3 is 0 Å². The standard InChI is InChI=1S/C19H14N2O2S2/c1-23-12-6-4-11(5-7-12)14-9-8-13-16(20)18(25-19(13)21-14)17(22)15-3-2-10-24-15/h2-10H,20H2,1H3. The van der Waals surface area contributed by atoms with Crippen LogP contribution in [0.15, 0.2) is 53.9 Å². The largest absolute Gasteiger partial charge is 0.497 e. The number of thiophene rings is 2. The Hall–Kier alpha value is -2.70. The Morgan fingerprint density at radius 1 is 1.12 bits per heavy atom. The molecular weight excluding hydrogens is 352 g/mol. The quantitative estimate of drug-likeness (QED) is 0.525. The molecule has 1 aromatic carbocycles. The fraction of sp³-hybridized carbons (Fsp3) is 0.0526. The van der Waals surface area contributed by atoms with Crippen LogP contribution < -0.4 is 10.5 Å². The highest BCUT2D eigenvalue weighted by atomic mass is 32.1. The van der Waals surface area contributed by atoms with E-state index < -0.39 is 0 Å². The second-order valence-electron chi connectivity index (χ2n) is 5.43. The van der Waals surface area contributed by atoms with Crippen molar-refractivity contribution in [2.24, 2.45) is 0 Å². The summed E-state index contributed by atoms with van der Waals surface area (Å²) in [6.45, 7) is 0. The van der Waals surface area contributed by atoms with E-state index in [1.54, 1.807) is 7.11 Å². The van der Waals surface area contributed by atoms with E-state index in [2.05, 4.69) is 0 Å². The lowest BCUT2D eigenvalue weighted by Crippen LogP contribution is -1.99. The number of anilines is 1. The summed E-state index contributed by atoms with van der Waals surface area (Å²) in [5.41, 5.74) is 8.54. The van der Waals surface area contributed by atoms with Crippen molar-refractivity contribution in [1.29, 1.82) is 0 Å². The predicted molar refractivity (Wildman–Crippen MR) is 104 cm³/mol. The molecule has 0 saturated heterocycles.